The molecular formula is C53H31N5. The van der Waals surface area contributed by atoms with Crippen molar-refractivity contribution in [1.82, 2.24) is 23.8 Å². The summed E-state index contributed by atoms with van der Waals surface area (Å²) < 4.78 is 5.04. The Kier molecular flexibility index (Phi) is 6.38. The fourth-order valence-corrected chi connectivity index (χ4v) is 9.49. The van der Waals surface area contributed by atoms with Gasteiger partial charge in [0, 0.05) is 49.0 Å². The van der Waals surface area contributed by atoms with Crippen LogP contribution in [0.25, 0.3) is 121 Å². The molecule has 5 nitrogen and oxygen atoms in total. The van der Waals surface area contributed by atoms with E-state index in [2.05, 4.69) is 160 Å². The first-order valence-corrected chi connectivity index (χ1v) is 19.7. The van der Waals surface area contributed by atoms with Crippen molar-refractivity contribution in [2.45, 2.75) is 0 Å². The molecule has 0 N–H and O–H groups in total. The first-order valence-electron chi connectivity index (χ1n) is 19.7. The number of fused-ring (bicyclic) bond motifs is 13. The Morgan fingerprint density at radius 3 is 1.41 bits per heavy atom. The van der Waals surface area contributed by atoms with Crippen LogP contribution in [-0.4, -0.2) is 23.8 Å². The molecule has 9 aromatic carbocycles. The molecular weight excluding hydrogens is 707 g/mol. The van der Waals surface area contributed by atoms with Crippen molar-refractivity contribution in [2.24, 2.45) is 0 Å². The van der Waals surface area contributed by atoms with Gasteiger partial charge in [-0.2, -0.15) is 0 Å². The standard InChI is InChI=1S/C53H31N5/c1-3-15-32(16-4-1)51-54-52(33-17-5-2-6-18-33)56-53(55-51)37-28-42-39-23-11-13-25-44(39)58-47-31-36-21-9-10-22-38(36)48-40-24-12-14-26-45(40)57(50(47)48)46-30-35-20-8-7-19-34(35)27-41(46)43(29-37)49(42)58/h1-31H. The predicted octanol–water partition coefficient (Wildman–Crippen LogP) is 13.5. The molecule has 58 heavy (non-hydrogen) atoms. The molecule has 4 aromatic heterocycles. The lowest BCUT2D eigenvalue weighted by Gasteiger charge is -2.14. The van der Waals surface area contributed by atoms with Gasteiger partial charge in [0.15, 0.2) is 17.5 Å². The summed E-state index contributed by atoms with van der Waals surface area (Å²) in [5.74, 6) is 1.92. The minimum atomic E-state index is 0.632. The highest BCUT2D eigenvalue weighted by Gasteiger charge is 2.23. The predicted molar refractivity (Wildman–Crippen MR) is 241 cm³/mol. The quantitative estimate of drug-likeness (QED) is 0.181. The van der Waals surface area contributed by atoms with E-state index in [1.165, 1.54) is 48.7 Å². The second kappa shape index (κ2) is 11.8. The van der Waals surface area contributed by atoms with Gasteiger partial charge in [0.1, 0.15) is 0 Å². The Labute approximate surface area is 331 Å². The molecule has 13 aromatic rings. The smallest absolute Gasteiger partial charge is 0.164 e. The summed E-state index contributed by atoms with van der Waals surface area (Å²) >= 11 is 0. The minimum Gasteiger partial charge on any atom is -0.307 e. The molecule has 0 atom stereocenters. The molecule has 0 unspecified atom stereocenters. The number of aromatic nitrogens is 5. The summed E-state index contributed by atoms with van der Waals surface area (Å²) in [5.41, 5.74) is 9.81. The maximum Gasteiger partial charge on any atom is 0.164 e. The number of para-hydroxylation sites is 2. The van der Waals surface area contributed by atoms with Gasteiger partial charge < -0.3 is 8.80 Å². The Balaban J connectivity index is 1.30. The number of rotatable bonds is 3. The third-order valence-electron chi connectivity index (χ3n) is 12.0. The van der Waals surface area contributed by atoms with E-state index in [0.717, 1.165) is 54.9 Å². The van der Waals surface area contributed by atoms with Crippen LogP contribution >= 0.6 is 0 Å². The van der Waals surface area contributed by atoms with E-state index in [0.29, 0.717) is 17.5 Å². The largest absolute Gasteiger partial charge is 0.307 e. The van der Waals surface area contributed by atoms with Crippen LogP contribution in [-0.2, 0) is 0 Å². The Hall–Kier alpha value is -7.89. The van der Waals surface area contributed by atoms with Gasteiger partial charge in [-0.1, -0.05) is 146 Å². The molecule has 13 rings (SSSR count). The summed E-state index contributed by atoms with van der Waals surface area (Å²) in [5, 5.41) is 11.9. The summed E-state index contributed by atoms with van der Waals surface area (Å²) in [6.07, 6.45) is 0. The van der Waals surface area contributed by atoms with Gasteiger partial charge in [0.2, 0.25) is 0 Å². The lowest BCUT2D eigenvalue weighted by atomic mass is 9.99. The highest BCUT2D eigenvalue weighted by atomic mass is 15.0. The van der Waals surface area contributed by atoms with Gasteiger partial charge in [0.05, 0.1) is 33.1 Å². The van der Waals surface area contributed by atoms with Crippen molar-refractivity contribution in [2.75, 3.05) is 0 Å². The zero-order valence-corrected chi connectivity index (χ0v) is 31.1. The Bertz CT molecular complexity index is 3790. The number of benzene rings is 9. The highest BCUT2D eigenvalue weighted by molar-refractivity contribution is 6.29. The third-order valence-corrected chi connectivity index (χ3v) is 12.0. The van der Waals surface area contributed by atoms with Crippen molar-refractivity contribution < 1.29 is 0 Å². The van der Waals surface area contributed by atoms with E-state index in [4.69, 9.17) is 15.0 Å². The van der Waals surface area contributed by atoms with Crippen LogP contribution in [0.3, 0.4) is 0 Å². The van der Waals surface area contributed by atoms with E-state index in [1.54, 1.807) is 0 Å². The monoisotopic (exact) mass is 737 g/mol. The molecule has 5 heteroatoms. The van der Waals surface area contributed by atoms with Crippen LogP contribution in [0.2, 0.25) is 0 Å². The first kappa shape index (κ1) is 31.3. The molecule has 0 bridgehead atoms. The van der Waals surface area contributed by atoms with Gasteiger partial charge in [0.25, 0.3) is 0 Å². The van der Waals surface area contributed by atoms with E-state index >= 15 is 0 Å². The van der Waals surface area contributed by atoms with Crippen molar-refractivity contribution in [3.8, 4) is 34.2 Å². The molecule has 0 aliphatic rings. The maximum atomic E-state index is 5.23. The molecule has 0 aliphatic carbocycles. The van der Waals surface area contributed by atoms with Gasteiger partial charge >= 0.3 is 0 Å². The fraction of sp³-hybridized carbons (Fsp3) is 0. The SMILES string of the molecule is c1ccc(-c2nc(-c3ccccc3)nc(-c3cc4c5ccccc5n5c6cc7ccccc7c7c8ccccc8n(c8cc9ccccc9cc8c(c3)c45)c76)n2)cc1. The van der Waals surface area contributed by atoms with Crippen LogP contribution in [0.15, 0.2) is 188 Å². The second-order valence-electron chi connectivity index (χ2n) is 15.2. The van der Waals surface area contributed by atoms with E-state index in [1.807, 2.05) is 36.4 Å². The van der Waals surface area contributed by atoms with E-state index in [-0.39, 0.29) is 0 Å². The molecule has 0 fully saturated rings. The van der Waals surface area contributed by atoms with Crippen LogP contribution in [0.1, 0.15) is 0 Å². The van der Waals surface area contributed by atoms with Crippen molar-refractivity contribution >= 4 is 87.0 Å². The second-order valence-corrected chi connectivity index (χ2v) is 15.2. The topological polar surface area (TPSA) is 47.5 Å². The zero-order valence-electron chi connectivity index (χ0n) is 31.1. The molecule has 0 saturated heterocycles. The normalized spacial score (nSPS) is 12.1. The third kappa shape index (κ3) is 4.38. The first-order chi connectivity index (χ1) is 28.8. The van der Waals surface area contributed by atoms with Crippen LogP contribution in [0.5, 0.6) is 0 Å². The maximum absolute atomic E-state index is 5.23. The van der Waals surface area contributed by atoms with Gasteiger partial charge in [-0.25, -0.2) is 15.0 Å². The highest BCUT2D eigenvalue weighted by Crippen LogP contribution is 2.44. The lowest BCUT2D eigenvalue weighted by molar-refractivity contribution is 1.07. The number of hydrogen-bond acceptors (Lipinski definition) is 3. The summed E-state index contributed by atoms with van der Waals surface area (Å²) in [4.78, 5) is 15.5. The summed E-state index contributed by atoms with van der Waals surface area (Å²) in [6, 6.07) is 67.5. The molecule has 0 saturated carbocycles. The van der Waals surface area contributed by atoms with Crippen molar-refractivity contribution in [3.63, 3.8) is 0 Å². The molecule has 0 radical (unpaired) electrons. The van der Waals surface area contributed by atoms with Crippen molar-refractivity contribution in [1.29, 1.82) is 0 Å². The van der Waals surface area contributed by atoms with Gasteiger partial charge in [-0.05, 0) is 64.0 Å². The Morgan fingerprint density at radius 1 is 0.276 bits per heavy atom. The van der Waals surface area contributed by atoms with E-state index < -0.39 is 0 Å². The van der Waals surface area contributed by atoms with Gasteiger partial charge in [-0.15, -0.1) is 0 Å². The Morgan fingerprint density at radius 2 is 0.741 bits per heavy atom. The van der Waals surface area contributed by atoms with Crippen LogP contribution in [0, 0.1) is 0 Å². The molecule has 268 valence electrons. The number of nitrogens with zero attached hydrogens (tertiary/aromatic N) is 5. The zero-order chi connectivity index (χ0) is 37.9. The molecule has 0 amide bonds. The average Bonchev–Trinajstić information content (AvgIpc) is 3.82. The van der Waals surface area contributed by atoms with Crippen LogP contribution in [0.4, 0.5) is 0 Å². The molecule has 4 heterocycles. The molecule has 0 aliphatic heterocycles. The number of hydrogen-bond donors (Lipinski definition) is 0. The average molecular weight is 738 g/mol. The van der Waals surface area contributed by atoms with Crippen molar-refractivity contribution in [3.05, 3.63) is 188 Å². The minimum absolute atomic E-state index is 0.632. The summed E-state index contributed by atoms with van der Waals surface area (Å²) in [6.45, 7) is 0. The van der Waals surface area contributed by atoms with E-state index in [9.17, 15) is 0 Å². The summed E-state index contributed by atoms with van der Waals surface area (Å²) in [7, 11) is 0. The lowest BCUT2D eigenvalue weighted by Crippen LogP contribution is -2.00. The van der Waals surface area contributed by atoms with Gasteiger partial charge in [-0.3, -0.25) is 0 Å². The molecule has 0 spiro atoms. The fourth-order valence-electron chi connectivity index (χ4n) is 9.49. The van der Waals surface area contributed by atoms with Crippen LogP contribution < -0.4 is 0 Å².